The molecule has 0 spiro atoms. The minimum atomic E-state index is -0.270. The van der Waals surface area contributed by atoms with Gasteiger partial charge in [0, 0.05) is 32.7 Å². The lowest BCUT2D eigenvalue weighted by Crippen LogP contribution is -2.46. The SMILES string of the molecule is O=c1oc2ccccc2n1CCCCN1CCN(c2cccc(Cl)c2Cl)CC1. The Morgan fingerprint density at radius 2 is 1.64 bits per heavy atom. The number of hydrogen-bond donors (Lipinski definition) is 0. The van der Waals surface area contributed by atoms with Crippen molar-refractivity contribution in [1.82, 2.24) is 9.47 Å². The van der Waals surface area contributed by atoms with Crippen molar-refractivity contribution >= 4 is 40.0 Å². The number of unbranched alkanes of at least 4 members (excludes halogenated alkanes) is 1. The summed E-state index contributed by atoms with van der Waals surface area (Å²) in [7, 11) is 0. The number of piperazine rings is 1. The number of nitrogens with zero attached hydrogens (tertiary/aromatic N) is 3. The van der Waals surface area contributed by atoms with E-state index < -0.39 is 0 Å². The topological polar surface area (TPSA) is 41.6 Å². The Kier molecular flexibility index (Phi) is 5.95. The second-order valence-electron chi connectivity index (χ2n) is 7.10. The average Bonchev–Trinajstić information content (AvgIpc) is 3.03. The van der Waals surface area contributed by atoms with Crippen molar-refractivity contribution in [3.05, 3.63) is 63.1 Å². The first kappa shape index (κ1) is 19.4. The second-order valence-corrected chi connectivity index (χ2v) is 7.88. The fourth-order valence-electron chi connectivity index (χ4n) is 3.78. The van der Waals surface area contributed by atoms with Gasteiger partial charge in [-0.1, -0.05) is 41.4 Å². The van der Waals surface area contributed by atoms with Crippen molar-refractivity contribution in [1.29, 1.82) is 0 Å². The molecule has 1 aliphatic heterocycles. The van der Waals surface area contributed by atoms with E-state index in [9.17, 15) is 4.79 Å². The van der Waals surface area contributed by atoms with Crippen LogP contribution < -0.4 is 10.7 Å². The molecule has 1 fully saturated rings. The minimum Gasteiger partial charge on any atom is -0.408 e. The molecule has 1 aromatic heterocycles. The normalized spacial score (nSPS) is 15.4. The van der Waals surface area contributed by atoms with Crippen LogP contribution in [0, 0.1) is 0 Å². The van der Waals surface area contributed by atoms with Crippen LogP contribution in [0.2, 0.25) is 10.0 Å². The third-order valence-electron chi connectivity index (χ3n) is 5.32. The van der Waals surface area contributed by atoms with Gasteiger partial charge in [-0.05, 0) is 43.7 Å². The smallest absolute Gasteiger partial charge is 0.408 e. The van der Waals surface area contributed by atoms with Crippen LogP contribution in [-0.2, 0) is 6.54 Å². The Labute approximate surface area is 174 Å². The lowest BCUT2D eigenvalue weighted by molar-refractivity contribution is 0.251. The summed E-state index contributed by atoms with van der Waals surface area (Å²) >= 11 is 12.5. The molecule has 0 saturated carbocycles. The number of oxazole rings is 1. The van der Waals surface area contributed by atoms with Gasteiger partial charge in [-0.15, -0.1) is 0 Å². The van der Waals surface area contributed by atoms with Crippen LogP contribution in [0.4, 0.5) is 5.69 Å². The van der Waals surface area contributed by atoms with Crippen molar-refractivity contribution in [2.45, 2.75) is 19.4 Å². The molecular weight excluding hydrogens is 397 g/mol. The first-order valence-electron chi connectivity index (χ1n) is 9.63. The molecule has 2 aromatic carbocycles. The van der Waals surface area contributed by atoms with Gasteiger partial charge in [-0.3, -0.25) is 9.47 Å². The van der Waals surface area contributed by atoms with E-state index in [-0.39, 0.29) is 5.76 Å². The van der Waals surface area contributed by atoms with E-state index in [1.165, 1.54) is 0 Å². The summed E-state index contributed by atoms with van der Waals surface area (Å²) in [5.74, 6) is -0.270. The highest BCUT2D eigenvalue weighted by Crippen LogP contribution is 2.32. The zero-order valence-electron chi connectivity index (χ0n) is 15.6. The van der Waals surface area contributed by atoms with Gasteiger partial charge in [0.2, 0.25) is 0 Å². The summed E-state index contributed by atoms with van der Waals surface area (Å²) in [6, 6.07) is 13.4. The lowest BCUT2D eigenvalue weighted by Gasteiger charge is -2.36. The van der Waals surface area contributed by atoms with Gasteiger partial charge >= 0.3 is 5.76 Å². The number of aryl methyl sites for hydroxylation is 1. The number of rotatable bonds is 6. The third kappa shape index (κ3) is 4.07. The zero-order chi connectivity index (χ0) is 19.5. The number of hydrogen-bond acceptors (Lipinski definition) is 4. The van der Waals surface area contributed by atoms with Gasteiger partial charge in [0.1, 0.15) is 0 Å². The minimum absolute atomic E-state index is 0.270. The predicted molar refractivity (Wildman–Crippen MR) is 115 cm³/mol. The molecule has 2 heterocycles. The van der Waals surface area contributed by atoms with Gasteiger partial charge in [0.25, 0.3) is 0 Å². The Balaban J connectivity index is 1.25. The summed E-state index contributed by atoms with van der Waals surface area (Å²) < 4.78 is 7.02. The van der Waals surface area contributed by atoms with Crippen LogP contribution in [0.25, 0.3) is 11.1 Å². The number of halogens is 2. The molecular formula is C21H23Cl2N3O2. The first-order valence-corrected chi connectivity index (χ1v) is 10.4. The number of aromatic nitrogens is 1. The fourth-order valence-corrected chi connectivity index (χ4v) is 4.20. The maximum absolute atomic E-state index is 12.0. The van der Waals surface area contributed by atoms with Gasteiger partial charge in [0.15, 0.2) is 5.58 Å². The Hall–Kier alpha value is -1.95. The van der Waals surface area contributed by atoms with E-state index in [2.05, 4.69) is 9.80 Å². The maximum atomic E-state index is 12.0. The Bertz CT molecular complexity index is 1010. The molecule has 0 radical (unpaired) electrons. The largest absolute Gasteiger partial charge is 0.419 e. The molecule has 1 aliphatic rings. The maximum Gasteiger partial charge on any atom is 0.419 e. The van der Waals surface area contributed by atoms with Crippen LogP contribution in [-0.4, -0.2) is 42.2 Å². The van der Waals surface area contributed by atoms with E-state index in [4.69, 9.17) is 27.6 Å². The van der Waals surface area contributed by atoms with Crippen molar-refractivity contribution in [3.8, 4) is 0 Å². The van der Waals surface area contributed by atoms with Crippen molar-refractivity contribution in [2.75, 3.05) is 37.6 Å². The molecule has 28 heavy (non-hydrogen) atoms. The van der Waals surface area contributed by atoms with Crippen molar-refractivity contribution in [3.63, 3.8) is 0 Å². The Morgan fingerprint density at radius 1 is 0.893 bits per heavy atom. The van der Waals surface area contributed by atoms with Crippen molar-refractivity contribution in [2.24, 2.45) is 0 Å². The summed E-state index contributed by atoms with van der Waals surface area (Å²) in [5, 5.41) is 1.24. The number of fused-ring (bicyclic) bond motifs is 1. The molecule has 0 amide bonds. The molecule has 4 rings (SSSR count). The summed E-state index contributed by atoms with van der Waals surface area (Å²) in [6.45, 7) is 5.59. The quantitative estimate of drug-likeness (QED) is 0.551. The van der Waals surface area contributed by atoms with E-state index >= 15 is 0 Å². The van der Waals surface area contributed by atoms with E-state index in [1.807, 2.05) is 42.5 Å². The number of benzene rings is 2. The molecule has 1 saturated heterocycles. The Morgan fingerprint density at radius 3 is 2.46 bits per heavy atom. The van der Waals surface area contributed by atoms with E-state index in [0.29, 0.717) is 22.2 Å². The number of anilines is 1. The molecule has 0 N–H and O–H groups in total. The molecule has 148 valence electrons. The third-order valence-corrected chi connectivity index (χ3v) is 6.13. The first-order chi connectivity index (χ1) is 13.6. The van der Waals surface area contributed by atoms with Crippen LogP contribution in [0.3, 0.4) is 0 Å². The summed E-state index contributed by atoms with van der Waals surface area (Å²) in [5.41, 5.74) is 2.54. The molecule has 3 aromatic rings. The van der Waals surface area contributed by atoms with Gasteiger partial charge < -0.3 is 9.32 Å². The molecule has 0 bridgehead atoms. The van der Waals surface area contributed by atoms with Crippen LogP contribution >= 0.6 is 23.2 Å². The molecule has 5 nitrogen and oxygen atoms in total. The molecule has 0 atom stereocenters. The predicted octanol–water partition coefficient (Wildman–Crippen LogP) is 4.50. The number of para-hydroxylation sites is 2. The lowest BCUT2D eigenvalue weighted by atomic mass is 10.2. The van der Waals surface area contributed by atoms with Gasteiger partial charge in [0.05, 0.1) is 21.2 Å². The monoisotopic (exact) mass is 419 g/mol. The molecule has 7 heteroatoms. The highest BCUT2D eigenvalue weighted by atomic mass is 35.5. The van der Waals surface area contributed by atoms with E-state index in [1.54, 1.807) is 4.57 Å². The standard InChI is InChI=1S/C21H23Cl2N3O2/c22-16-6-5-8-18(20(16)23)25-14-12-24(13-15-25)10-3-4-11-26-17-7-1-2-9-19(17)28-21(26)27/h1-2,5-9H,3-4,10-15H2. The highest BCUT2D eigenvalue weighted by Gasteiger charge is 2.19. The molecule has 0 unspecified atom stereocenters. The van der Waals surface area contributed by atoms with Crippen LogP contribution in [0.5, 0.6) is 0 Å². The van der Waals surface area contributed by atoms with Crippen molar-refractivity contribution < 1.29 is 4.42 Å². The van der Waals surface area contributed by atoms with Gasteiger partial charge in [-0.2, -0.15) is 0 Å². The second kappa shape index (κ2) is 8.60. The van der Waals surface area contributed by atoms with E-state index in [0.717, 1.165) is 56.8 Å². The van der Waals surface area contributed by atoms with Crippen LogP contribution in [0.1, 0.15) is 12.8 Å². The molecule has 0 aliphatic carbocycles. The zero-order valence-corrected chi connectivity index (χ0v) is 17.1. The van der Waals surface area contributed by atoms with Gasteiger partial charge in [-0.25, -0.2) is 4.79 Å². The van der Waals surface area contributed by atoms with Crippen LogP contribution in [0.15, 0.2) is 51.7 Å². The summed E-state index contributed by atoms with van der Waals surface area (Å²) in [6.07, 6.45) is 1.99. The fraction of sp³-hybridized carbons (Fsp3) is 0.381. The highest BCUT2D eigenvalue weighted by molar-refractivity contribution is 6.43. The summed E-state index contributed by atoms with van der Waals surface area (Å²) in [4.78, 5) is 16.8. The average molecular weight is 420 g/mol.